The zero-order chi connectivity index (χ0) is 16.7. The molecule has 0 aromatic heterocycles. The summed E-state index contributed by atoms with van der Waals surface area (Å²) < 4.78 is 12.7. The predicted molar refractivity (Wildman–Crippen MR) is 105 cm³/mol. The first-order valence-corrected chi connectivity index (χ1v) is 8.74. The molecule has 0 spiro atoms. The van der Waals surface area contributed by atoms with Crippen molar-refractivity contribution >= 4 is 28.3 Å². The van der Waals surface area contributed by atoms with Gasteiger partial charge < -0.3 is 14.8 Å². The normalized spacial score (nSPS) is 10.4. The van der Waals surface area contributed by atoms with E-state index in [1.165, 1.54) is 5.56 Å². The molecule has 0 heterocycles. The molecule has 0 atom stereocenters. The lowest BCUT2D eigenvalue weighted by molar-refractivity contribution is 0.267. The van der Waals surface area contributed by atoms with Crippen LogP contribution in [0.15, 0.2) is 46.9 Å². The van der Waals surface area contributed by atoms with E-state index in [0.717, 1.165) is 28.1 Å². The van der Waals surface area contributed by atoms with Gasteiger partial charge in [-0.25, -0.2) is 0 Å². The summed E-state index contributed by atoms with van der Waals surface area (Å²) in [5.41, 5.74) is 2.30. The monoisotopic (exact) mass is 413 g/mol. The largest absolute Gasteiger partial charge is 0.490 e. The minimum atomic E-state index is 0. The van der Waals surface area contributed by atoms with E-state index >= 15 is 0 Å². The van der Waals surface area contributed by atoms with Gasteiger partial charge in [0.15, 0.2) is 11.5 Å². The van der Waals surface area contributed by atoms with Crippen LogP contribution in [0.3, 0.4) is 0 Å². The first-order valence-electron chi connectivity index (χ1n) is 7.95. The van der Waals surface area contributed by atoms with Crippen molar-refractivity contribution in [1.82, 2.24) is 5.32 Å². The molecule has 2 aromatic carbocycles. The molecule has 132 valence electrons. The molecule has 3 nitrogen and oxygen atoms in total. The Labute approximate surface area is 159 Å². The maximum atomic E-state index is 5.99. The topological polar surface area (TPSA) is 30.5 Å². The highest BCUT2D eigenvalue weighted by Crippen LogP contribution is 2.37. The van der Waals surface area contributed by atoms with Crippen molar-refractivity contribution in [2.75, 3.05) is 6.61 Å². The number of ether oxygens (including phenoxy) is 2. The summed E-state index contributed by atoms with van der Waals surface area (Å²) in [5, 5.41) is 3.42. The van der Waals surface area contributed by atoms with E-state index in [-0.39, 0.29) is 12.4 Å². The molecule has 24 heavy (non-hydrogen) atoms. The Morgan fingerprint density at radius 1 is 1.04 bits per heavy atom. The molecule has 0 radical (unpaired) electrons. The Hall–Kier alpha value is -1.23. The Bertz CT molecular complexity index is 620. The van der Waals surface area contributed by atoms with Crippen LogP contribution in [0, 0.1) is 0 Å². The van der Waals surface area contributed by atoms with E-state index in [1.807, 2.05) is 31.2 Å². The molecule has 0 aliphatic carbocycles. The van der Waals surface area contributed by atoms with Gasteiger partial charge in [-0.2, -0.15) is 0 Å². The molecule has 0 aliphatic heterocycles. The molecule has 0 aliphatic rings. The molecule has 0 fully saturated rings. The summed E-state index contributed by atoms with van der Waals surface area (Å²) in [6.07, 6.45) is 0. The van der Waals surface area contributed by atoms with Gasteiger partial charge in [0.05, 0.1) is 11.1 Å². The number of benzene rings is 2. The van der Waals surface area contributed by atoms with Crippen LogP contribution >= 0.6 is 28.3 Å². The van der Waals surface area contributed by atoms with E-state index in [2.05, 4.69) is 53.3 Å². The fourth-order valence-corrected chi connectivity index (χ4v) is 2.78. The van der Waals surface area contributed by atoms with Crippen molar-refractivity contribution in [3.05, 3.63) is 58.1 Å². The van der Waals surface area contributed by atoms with Crippen LogP contribution < -0.4 is 14.8 Å². The first-order chi connectivity index (χ1) is 11.1. The Morgan fingerprint density at radius 3 is 2.38 bits per heavy atom. The van der Waals surface area contributed by atoms with Gasteiger partial charge in [-0.3, -0.25) is 0 Å². The van der Waals surface area contributed by atoms with Crippen LogP contribution in [0.1, 0.15) is 31.9 Å². The van der Waals surface area contributed by atoms with Crippen molar-refractivity contribution in [2.24, 2.45) is 0 Å². The second kappa shape index (κ2) is 10.6. The molecule has 0 saturated carbocycles. The number of hydrogen-bond acceptors (Lipinski definition) is 3. The molecule has 0 bridgehead atoms. The second-order valence-electron chi connectivity index (χ2n) is 5.65. The highest BCUT2D eigenvalue weighted by molar-refractivity contribution is 9.10. The lowest BCUT2D eigenvalue weighted by Gasteiger charge is -2.16. The standard InChI is InChI=1S/C19H24BrNO2.ClH/c1-4-22-18-11-16(12-21-14(2)3)10-17(20)19(18)23-13-15-8-6-5-7-9-15;/h5-11,14,21H,4,12-13H2,1-3H3;1H. The van der Waals surface area contributed by atoms with Crippen molar-refractivity contribution in [3.63, 3.8) is 0 Å². The Kier molecular flexibility index (Phi) is 9.19. The van der Waals surface area contributed by atoms with Crippen molar-refractivity contribution < 1.29 is 9.47 Å². The average Bonchev–Trinajstić information content (AvgIpc) is 2.53. The van der Waals surface area contributed by atoms with Crippen LogP contribution in [-0.2, 0) is 13.2 Å². The molecule has 1 N–H and O–H groups in total. The molecule has 0 saturated heterocycles. The van der Waals surface area contributed by atoms with Crippen LogP contribution in [0.25, 0.3) is 0 Å². The quantitative estimate of drug-likeness (QED) is 0.632. The number of rotatable bonds is 8. The van der Waals surface area contributed by atoms with Gasteiger partial charge in [0.25, 0.3) is 0 Å². The number of hydrogen-bond donors (Lipinski definition) is 1. The smallest absolute Gasteiger partial charge is 0.175 e. The van der Waals surface area contributed by atoms with Crippen LogP contribution in [0.4, 0.5) is 0 Å². The van der Waals surface area contributed by atoms with E-state index in [0.29, 0.717) is 19.3 Å². The Balaban J connectivity index is 0.00000288. The molecule has 0 amide bonds. The van der Waals surface area contributed by atoms with Crippen LogP contribution in [0.5, 0.6) is 11.5 Å². The fourth-order valence-electron chi connectivity index (χ4n) is 2.18. The maximum Gasteiger partial charge on any atom is 0.175 e. The Morgan fingerprint density at radius 2 is 1.75 bits per heavy atom. The zero-order valence-electron chi connectivity index (χ0n) is 14.3. The molecule has 2 aromatic rings. The molecule has 5 heteroatoms. The summed E-state index contributed by atoms with van der Waals surface area (Å²) in [6.45, 7) is 8.17. The van der Waals surface area contributed by atoms with Gasteiger partial charge in [0.1, 0.15) is 6.61 Å². The number of halogens is 2. The molecule has 2 rings (SSSR count). The van der Waals surface area contributed by atoms with Crippen LogP contribution in [-0.4, -0.2) is 12.6 Å². The molecular formula is C19H25BrClNO2. The predicted octanol–water partition coefficient (Wildman–Crippen LogP) is 5.35. The van der Waals surface area contributed by atoms with E-state index in [9.17, 15) is 0 Å². The summed E-state index contributed by atoms with van der Waals surface area (Å²) >= 11 is 3.62. The van der Waals surface area contributed by atoms with E-state index in [1.54, 1.807) is 0 Å². The third kappa shape index (κ3) is 6.34. The second-order valence-corrected chi connectivity index (χ2v) is 6.50. The van der Waals surface area contributed by atoms with E-state index < -0.39 is 0 Å². The van der Waals surface area contributed by atoms with Gasteiger partial charge in [-0.1, -0.05) is 44.2 Å². The zero-order valence-corrected chi connectivity index (χ0v) is 16.7. The lowest BCUT2D eigenvalue weighted by Crippen LogP contribution is -2.21. The minimum absolute atomic E-state index is 0. The van der Waals surface area contributed by atoms with Gasteiger partial charge in [0, 0.05) is 12.6 Å². The summed E-state index contributed by atoms with van der Waals surface area (Å²) in [4.78, 5) is 0. The third-order valence-electron chi connectivity index (χ3n) is 3.31. The van der Waals surface area contributed by atoms with Gasteiger partial charge in [0.2, 0.25) is 0 Å². The number of nitrogens with one attached hydrogen (secondary N) is 1. The van der Waals surface area contributed by atoms with Crippen molar-refractivity contribution in [1.29, 1.82) is 0 Å². The van der Waals surface area contributed by atoms with Crippen molar-refractivity contribution in [3.8, 4) is 11.5 Å². The summed E-state index contributed by atoms with van der Waals surface area (Å²) in [7, 11) is 0. The lowest BCUT2D eigenvalue weighted by atomic mass is 10.2. The third-order valence-corrected chi connectivity index (χ3v) is 3.90. The maximum absolute atomic E-state index is 5.99. The first kappa shape index (κ1) is 20.8. The van der Waals surface area contributed by atoms with Gasteiger partial charge in [-0.05, 0) is 46.1 Å². The minimum Gasteiger partial charge on any atom is -0.490 e. The molecular weight excluding hydrogens is 390 g/mol. The van der Waals surface area contributed by atoms with Crippen molar-refractivity contribution in [2.45, 2.75) is 40.0 Å². The highest BCUT2D eigenvalue weighted by Gasteiger charge is 2.13. The average molecular weight is 415 g/mol. The fraction of sp³-hybridized carbons (Fsp3) is 0.368. The van der Waals surface area contributed by atoms with E-state index in [4.69, 9.17) is 9.47 Å². The van der Waals surface area contributed by atoms with Gasteiger partial charge in [-0.15, -0.1) is 12.4 Å². The van der Waals surface area contributed by atoms with Crippen LogP contribution in [0.2, 0.25) is 0 Å². The van der Waals surface area contributed by atoms with Gasteiger partial charge >= 0.3 is 0 Å². The summed E-state index contributed by atoms with van der Waals surface area (Å²) in [6, 6.07) is 14.7. The SMILES string of the molecule is CCOc1cc(CNC(C)C)cc(Br)c1OCc1ccccc1.Cl. The highest BCUT2D eigenvalue weighted by atomic mass is 79.9. The summed E-state index contributed by atoms with van der Waals surface area (Å²) in [5.74, 6) is 1.53. The molecule has 0 unspecified atom stereocenters.